The molecule has 0 aliphatic carbocycles. The van der Waals surface area contributed by atoms with Gasteiger partial charge >= 0.3 is 0 Å². The van der Waals surface area contributed by atoms with Crippen LogP contribution in [0.4, 0.5) is 0 Å². The van der Waals surface area contributed by atoms with Crippen LogP contribution in [0.15, 0.2) is 0 Å². The van der Waals surface area contributed by atoms with Crippen molar-refractivity contribution in [2.45, 2.75) is 19.8 Å². The fraction of sp³-hybridized carbons (Fsp3) is 0.900. The van der Waals surface area contributed by atoms with E-state index in [2.05, 4.69) is 12.2 Å². The number of amides is 1. The number of nitrogens with zero attached hydrogens (tertiary/aromatic N) is 1. The van der Waals surface area contributed by atoms with Gasteiger partial charge in [-0.1, -0.05) is 6.92 Å². The molecule has 1 rings (SSSR count). The van der Waals surface area contributed by atoms with E-state index in [-0.39, 0.29) is 5.91 Å². The third-order valence-corrected chi connectivity index (χ3v) is 3.32. The molecule has 1 aliphatic heterocycles. The number of carbonyl (C=O) groups is 1. The van der Waals surface area contributed by atoms with Crippen LogP contribution < -0.4 is 5.32 Å². The standard InChI is InChI=1S/C10H20N2OS/c1-2-14-8-4-7-12-6-3-5-11-9-10(12)13/h11H,2-9H2,1H3. The average Bonchev–Trinajstić information content (AvgIpc) is 2.39. The Hall–Kier alpha value is -0.220. The molecular weight excluding hydrogens is 196 g/mol. The molecule has 1 N–H and O–H groups in total. The van der Waals surface area contributed by atoms with E-state index >= 15 is 0 Å². The second-order valence-corrected chi connectivity index (χ2v) is 4.86. The summed E-state index contributed by atoms with van der Waals surface area (Å²) in [7, 11) is 0. The van der Waals surface area contributed by atoms with Gasteiger partial charge in [-0.2, -0.15) is 11.8 Å². The molecule has 4 heteroatoms. The number of thioether (sulfide) groups is 1. The van der Waals surface area contributed by atoms with E-state index in [9.17, 15) is 4.79 Å². The van der Waals surface area contributed by atoms with Crippen LogP contribution in [0.1, 0.15) is 19.8 Å². The number of hydrogen-bond donors (Lipinski definition) is 1. The van der Waals surface area contributed by atoms with Crippen LogP contribution in [0.2, 0.25) is 0 Å². The molecule has 0 atom stereocenters. The second kappa shape index (κ2) is 7.12. The third kappa shape index (κ3) is 4.33. The maximum absolute atomic E-state index is 11.5. The van der Waals surface area contributed by atoms with Gasteiger partial charge in [-0.05, 0) is 30.9 Å². The number of carbonyl (C=O) groups excluding carboxylic acids is 1. The minimum Gasteiger partial charge on any atom is -0.342 e. The van der Waals surface area contributed by atoms with Crippen molar-refractivity contribution in [3.63, 3.8) is 0 Å². The van der Waals surface area contributed by atoms with Crippen LogP contribution in [0, 0.1) is 0 Å². The average molecular weight is 216 g/mol. The highest BCUT2D eigenvalue weighted by Gasteiger charge is 2.14. The first-order valence-electron chi connectivity index (χ1n) is 5.41. The quantitative estimate of drug-likeness (QED) is 0.695. The zero-order chi connectivity index (χ0) is 10.2. The molecule has 14 heavy (non-hydrogen) atoms. The summed E-state index contributed by atoms with van der Waals surface area (Å²) in [6.07, 6.45) is 2.22. The van der Waals surface area contributed by atoms with E-state index in [1.807, 2.05) is 16.7 Å². The van der Waals surface area contributed by atoms with E-state index in [4.69, 9.17) is 0 Å². The smallest absolute Gasteiger partial charge is 0.236 e. The molecule has 0 spiro atoms. The third-order valence-electron chi connectivity index (χ3n) is 2.33. The summed E-state index contributed by atoms with van der Waals surface area (Å²) in [5, 5.41) is 3.13. The van der Waals surface area contributed by atoms with E-state index in [0.717, 1.165) is 32.5 Å². The summed E-state index contributed by atoms with van der Waals surface area (Å²) >= 11 is 1.95. The van der Waals surface area contributed by atoms with Crippen LogP contribution in [-0.4, -0.2) is 48.5 Å². The lowest BCUT2D eigenvalue weighted by Crippen LogP contribution is -2.35. The predicted octanol–water partition coefficient (Wildman–Crippen LogP) is 0.951. The molecule has 0 aromatic carbocycles. The maximum atomic E-state index is 11.5. The van der Waals surface area contributed by atoms with Crippen molar-refractivity contribution in [1.29, 1.82) is 0 Å². The lowest BCUT2D eigenvalue weighted by molar-refractivity contribution is -0.129. The summed E-state index contributed by atoms with van der Waals surface area (Å²) in [6.45, 7) is 5.55. The van der Waals surface area contributed by atoms with Crippen molar-refractivity contribution in [3.05, 3.63) is 0 Å². The molecule has 0 aromatic rings. The topological polar surface area (TPSA) is 32.3 Å². The van der Waals surface area contributed by atoms with Crippen LogP contribution in [0.3, 0.4) is 0 Å². The van der Waals surface area contributed by atoms with Gasteiger partial charge in [0.1, 0.15) is 0 Å². The summed E-state index contributed by atoms with van der Waals surface area (Å²) in [6, 6.07) is 0. The molecule has 0 radical (unpaired) electrons. The van der Waals surface area contributed by atoms with Gasteiger partial charge in [0.15, 0.2) is 0 Å². The van der Waals surface area contributed by atoms with E-state index in [1.54, 1.807) is 0 Å². The van der Waals surface area contributed by atoms with E-state index in [1.165, 1.54) is 11.5 Å². The first-order valence-corrected chi connectivity index (χ1v) is 6.56. The first kappa shape index (κ1) is 11.9. The summed E-state index contributed by atoms with van der Waals surface area (Å²) in [5.41, 5.74) is 0. The molecule has 0 aromatic heterocycles. The summed E-state index contributed by atoms with van der Waals surface area (Å²) in [4.78, 5) is 13.5. The monoisotopic (exact) mass is 216 g/mol. The van der Waals surface area contributed by atoms with Crippen molar-refractivity contribution in [1.82, 2.24) is 10.2 Å². The summed E-state index contributed by atoms with van der Waals surface area (Å²) < 4.78 is 0. The SMILES string of the molecule is CCSCCCN1CCCNCC1=O. The number of hydrogen-bond acceptors (Lipinski definition) is 3. The summed E-state index contributed by atoms with van der Waals surface area (Å²) in [5.74, 6) is 2.62. The van der Waals surface area contributed by atoms with Crippen molar-refractivity contribution >= 4 is 17.7 Å². The predicted molar refractivity (Wildman–Crippen MR) is 61.7 cm³/mol. The van der Waals surface area contributed by atoms with Gasteiger partial charge in [-0.25, -0.2) is 0 Å². The Labute approximate surface area is 90.6 Å². The molecule has 3 nitrogen and oxygen atoms in total. The van der Waals surface area contributed by atoms with Gasteiger partial charge in [0.2, 0.25) is 5.91 Å². The molecule has 0 unspecified atom stereocenters. The lowest BCUT2D eigenvalue weighted by Gasteiger charge is -2.19. The van der Waals surface area contributed by atoms with Crippen molar-refractivity contribution in [3.8, 4) is 0 Å². The molecule has 1 aliphatic rings. The zero-order valence-corrected chi connectivity index (χ0v) is 9.74. The Morgan fingerprint density at radius 1 is 1.57 bits per heavy atom. The fourth-order valence-electron chi connectivity index (χ4n) is 1.57. The first-order chi connectivity index (χ1) is 6.84. The van der Waals surface area contributed by atoms with Crippen LogP contribution in [0.25, 0.3) is 0 Å². The highest BCUT2D eigenvalue weighted by atomic mass is 32.2. The maximum Gasteiger partial charge on any atom is 0.236 e. The molecule has 0 saturated carbocycles. The number of rotatable bonds is 5. The molecule has 1 amide bonds. The molecule has 1 heterocycles. The van der Waals surface area contributed by atoms with Crippen molar-refractivity contribution in [2.24, 2.45) is 0 Å². The molecule has 0 bridgehead atoms. The van der Waals surface area contributed by atoms with Gasteiger partial charge in [-0.3, -0.25) is 4.79 Å². The Balaban J connectivity index is 2.16. The molecule has 1 fully saturated rings. The van der Waals surface area contributed by atoms with Crippen LogP contribution in [0.5, 0.6) is 0 Å². The highest BCUT2D eigenvalue weighted by molar-refractivity contribution is 7.99. The van der Waals surface area contributed by atoms with Gasteiger partial charge < -0.3 is 10.2 Å². The normalized spacial score (nSPS) is 18.4. The minimum absolute atomic E-state index is 0.268. The number of nitrogens with one attached hydrogen (secondary N) is 1. The Bertz CT molecular complexity index is 176. The van der Waals surface area contributed by atoms with E-state index < -0.39 is 0 Å². The van der Waals surface area contributed by atoms with Gasteiger partial charge in [0.05, 0.1) is 6.54 Å². The lowest BCUT2D eigenvalue weighted by atomic mass is 10.3. The largest absolute Gasteiger partial charge is 0.342 e. The zero-order valence-electron chi connectivity index (χ0n) is 8.92. The Morgan fingerprint density at radius 2 is 2.43 bits per heavy atom. The highest BCUT2D eigenvalue weighted by Crippen LogP contribution is 2.04. The molecule has 1 saturated heterocycles. The van der Waals surface area contributed by atoms with E-state index in [0.29, 0.717) is 6.54 Å². The Morgan fingerprint density at radius 3 is 3.21 bits per heavy atom. The van der Waals surface area contributed by atoms with Crippen molar-refractivity contribution in [2.75, 3.05) is 37.7 Å². The van der Waals surface area contributed by atoms with Crippen LogP contribution in [-0.2, 0) is 4.79 Å². The van der Waals surface area contributed by atoms with Gasteiger partial charge in [0, 0.05) is 13.1 Å². The Kier molecular flexibility index (Phi) is 6.03. The minimum atomic E-state index is 0.268. The van der Waals surface area contributed by atoms with Gasteiger partial charge in [-0.15, -0.1) is 0 Å². The molecular formula is C10H20N2OS. The van der Waals surface area contributed by atoms with Crippen LogP contribution >= 0.6 is 11.8 Å². The van der Waals surface area contributed by atoms with Gasteiger partial charge in [0.25, 0.3) is 0 Å². The second-order valence-electron chi connectivity index (χ2n) is 3.46. The fourth-order valence-corrected chi connectivity index (χ4v) is 2.19. The molecule has 82 valence electrons. The van der Waals surface area contributed by atoms with Crippen molar-refractivity contribution < 1.29 is 4.79 Å².